The lowest BCUT2D eigenvalue weighted by Crippen LogP contribution is -2.32. The standard InChI is InChI=1S/C27H18F3N3O5S2/c28-27(29,30)14-6-4-9-16(12-14)33-23(35)20-19(17-10-5-11-38-17)22-25(39-21(20)24(33)36)32(26(37)40-22)13-18(34)31-15-7-2-1-3-8-15/h1-12,19-21H,13H2,(H,31,34)/t19-,20-,21+/m0/s1. The molecule has 13 heteroatoms. The van der Waals surface area contributed by atoms with Gasteiger partial charge in [0.2, 0.25) is 17.7 Å². The van der Waals surface area contributed by atoms with E-state index in [0.29, 0.717) is 21.4 Å². The zero-order valence-electron chi connectivity index (χ0n) is 20.3. The number of nitrogens with one attached hydrogen (secondary N) is 1. The van der Waals surface area contributed by atoms with E-state index in [4.69, 9.17) is 4.42 Å². The highest BCUT2D eigenvalue weighted by Crippen LogP contribution is 2.54. The van der Waals surface area contributed by atoms with E-state index in [1.165, 1.54) is 16.9 Å². The van der Waals surface area contributed by atoms with Crippen molar-refractivity contribution in [3.05, 3.63) is 98.9 Å². The van der Waals surface area contributed by atoms with Gasteiger partial charge in [-0.3, -0.25) is 23.7 Å². The Morgan fingerprint density at radius 3 is 2.45 bits per heavy atom. The van der Waals surface area contributed by atoms with Gasteiger partial charge >= 0.3 is 11.0 Å². The number of hydrogen-bond acceptors (Lipinski definition) is 7. The maximum atomic E-state index is 13.7. The number of imide groups is 1. The lowest BCUT2D eigenvalue weighted by Gasteiger charge is -2.29. The molecule has 0 spiro atoms. The normalized spacial score (nSPS) is 20.4. The second-order valence-corrected chi connectivity index (χ2v) is 11.3. The lowest BCUT2D eigenvalue weighted by atomic mass is 9.87. The molecule has 2 aromatic carbocycles. The number of carbonyl (C=O) groups excluding carboxylic acids is 3. The average Bonchev–Trinajstić information content (AvgIpc) is 3.62. The molecule has 4 aromatic rings. The molecule has 1 saturated heterocycles. The Kier molecular flexibility index (Phi) is 6.42. The molecule has 40 heavy (non-hydrogen) atoms. The van der Waals surface area contributed by atoms with Crippen LogP contribution in [0.2, 0.25) is 0 Å². The fraction of sp³-hybridized carbons (Fsp3) is 0.185. The summed E-state index contributed by atoms with van der Waals surface area (Å²) in [4.78, 5) is 54.0. The molecule has 3 atom stereocenters. The molecule has 1 fully saturated rings. The van der Waals surface area contributed by atoms with E-state index in [1.807, 2.05) is 0 Å². The molecule has 3 amide bonds. The van der Waals surface area contributed by atoms with Crippen molar-refractivity contribution in [2.45, 2.75) is 28.9 Å². The molecule has 4 heterocycles. The van der Waals surface area contributed by atoms with Crippen molar-refractivity contribution >= 4 is 52.2 Å². The summed E-state index contributed by atoms with van der Waals surface area (Å²) in [6, 6.07) is 15.9. The summed E-state index contributed by atoms with van der Waals surface area (Å²) < 4.78 is 47.0. The first-order valence-electron chi connectivity index (χ1n) is 12.0. The topological polar surface area (TPSA) is 102 Å². The largest absolute Gasteiger partial charge is 0.469 e. The first kappa shape index (κ1) is 26.1. The molecule has 0 unspecified atom stereocenters. The third-order valence-corrected chi connectivity index (χ3v) is 9.29. The van der Waals surface area contributed by atoms with Crippen molar-refractivity contribution in [1.29, 1.82) is 0 Å². The molecule has 0 saturated carbocycles. The van der Waals surface area contributed by atoms with Crippen LogP contribution in [-0.2, 0) is 27.1 Å². The maximum Gasteiger partial charge on any atom is 0.416 e. The number of nitrogens with zero attached hydrogens (tertiary/aromatic N) is 2. The van der Waals surface area contributed by atoms with Gasteiger partial charge in [-0.05, 0) is 42.5 Å². The number of para-hydroxylation sites is 1. The number of aromatic nitrogens is 1. The van der Waals surface area contributed by atoms with Gasteiger partial charge in [-0.15, -0.1) is 0 Å². The second kappa shape index (κ2) is 9.82. The van der Waals surface area contributed by atoms with Crippen LogP contribution in [0.5, 0.6) is 0 Å². The van der Waals surface area contributed by atoms with E-state index in [-0.39, 0.29) is 12.2 Å². The van der Waals surface area contributed by atoms with E-state index >= 15 is 0 Å². The summed E-state index contributed by atoms with van der Waals surface area (Å²) in [7, 11) is 0. The van der Waals surface area contributed by atoms with Crippen molar-refractivity contribution in [1.82, 2.24) is 4.57 Å². The summed E-state index contributed by atoms with van der Waals surface area (Å²) in [5.74, 6) is -3.42. The first-order valence-corrected chi connectivity index (χ1v) is 13.7. The number of thioether (sulfide) groups is 1. The number of alkyl halides is 3. The molecule has 0 radical (unpaired) electrons. The van der Waals surface area contributed by atoms with Gasteiger partial charge in [0.25, 0.3) is 0 Å². The number of furan rings is 1. The van der Waals surface area contributed by atoms with Gasteiger partial charge in [0.15, 0.2) is 0 Å². The zero-order chi connectivity index (χ0) is 28.2. The molecule has 1 N–H and O–H groups in total. The minimum Gasteiger partial charge on any atom is -0.469 e. The molecule has 2 aromatic heterocycles. The summed E-state index contributed by atoms with van der Waals surface area (Å²) in [5.41, 5.74) is -0.645. The van der Waals surface area contributed by atoms with Crippen LogP contribution in [0.1, 0.15) is 22.1 Å². The predicted octanol–water partition coefficient (Wildman–Crippen LogP) is 4.96. The Morgan fingerprint density at radius 1 is 0.975 bits per heavy atom. The zero-order valence-corrected chi connectivity index (χ0v) is 21.9. The van der Waals surface area contributed by atoms with Crippen LogP contribution in [0.25, 0.3) is 0 Å². The number of anilines is 2. The van der Waals surface area contributed by atoms with Crippen LogP contribution < -0.4 is 15.1 Å². The molecular formula is C27H18F3N3O5S2. The number of fused-ring (bicyclic) bond motifs is 2. The fourth-order valence-electron chi connectivity index (χ4n) is 4.97. The molecular weight excluding hydrogens is 567 g/mol. The van der Waals surface area contributed by atoms with Crippen molar-refractivity contribution in [3.63, 3.8) is 0 Å². The fourth-order valence-corrected chi connectivity index (χ4v) is 7.72. The molecule has 2 aliphatic rings. The van der Waals surface area contributed by atoms with Crippen LogP contribution in [0, 0.1) is 5.92 Å². The SMILES string of the molecule is O=C(Cn1c2c(sc1=O)[C@@H](c1ccco1)[C@@H]1C(=O)N(c3cccc(C(F)(F)F)c3)C(=O)[C@@H]1S2)Nc1ccccc1. The smallest absolute Gasteiger partial charge is 0.416 e. The van der Waals surface area contributed by atoms with Crippen LogP contribution in [-0.4, -0.2) is 27.5 Å². The van der Waals surface area contributed by atoms with E-state index in [1.54, 1.807) is 42.5 Å². The van der Waals surface area contributed by atoms with E-state index in [9.17, 15) is 32.3 Å². The number of hydrogen-bond donors (Lipinski definition) is 1. The highest BCUT2D eigenvalue weighted by Gasteiger charge is 2.57. The molecule has 6 rings (SSSR count). The summed E-state index contributed by atoms with van der Waals surface area (Å²) in [5, 5.41) is 2.01. The second-order valence-electron chi connectivity index (χ2n) is 9.16. The van der Waals surface area contributed by atoms with Crippen LogP contribution in [0.15, 0.2) is 87.2 Å². The van der Waals surface area contributed by atoms with E-state index in [0.717, 1.165) is 46.2 Å². The van der Waals surface area contributed by atoms with Gasteiger partial charge in [-0.25, -0.2) is 4.90 Å². The monoisotopic (exact) mass is 585 g/mol. The first-order chi connectivity index (χ1) is 19.1. The van der Waals surface area contributed by atoms with E-state index in [2.05, 4.69) is 5.32 Å². The van der Waals surface area contributed by atoms with Crippen molar-refractivity contribution in [3.8, 4) is 0 Å². The lowest BCUT2D eigenvalue weighted by molar-refractivity contribution is -0.137. The minimum atomic E-state index is -4.67. The van der Waals surface area contributed by atoms with E-state index < -0.39 is 51.4 Å². The Bertz CT molecular complexity index is 1680. The highest BCUT2D eigenvalue weighted by molar-refractivity contribution is 8.00. The summed E-state index contributed by atoms with van der Waals surface area (Å²) >= 11 is 1.80. The van der Waals surface area contributed by atoms with Crippen LogP contribution >= 0.6 is 23.1 Å². The molecule has 0 aliphatic carbocycles. The van der Waals surface area contributed by atoms with Gasteiger partial charge < -0.3 is 9.73 Å². The van der Waals surface area contributed by atoms with Gasteiger partial charge in [0.05, 0.1) is 39.3 Å². The van der Waals surface area contributed by atoms with Crippen molar-refractivity contribution < 1.29 is 32.0 Å². The molecule has 8 nitrogen and oxygen atoms in total. The molecule has 2 aliphatic heterocycles. The Labute approximate surface area is 232 Å². The van der Waals surface area contributed by atoms with Gasteiger partial charge in [0.1, 0.15) is 17.6 Å². The van der Waals surface area contributed by atoms with Gasteiger partial charge in [-0.2, -0.15) is 13.2 Å². The van der Waals surface area contributed by atoms with Crippen LogP contribution in [0.4, 0.5) is 24.5 Å². The van der Waals surface area contributed by atoms with Crippen molar-refractivity contribution in [2.75, 3.05) is 10.2 Å². The number of carbonyl (C=O) groups is 3. The van der Waals surface area contributed by atoms with Gasteiger partial charge in [0, 0.05) is 5.69 Å². The van der Waals surface area contributed by atoms with Crippen LogP contribution in [0.3, 0.4) is 0 Å². The number of benzene rings is 2. The Balaban J connectivity index is 1.39. The maximum absolute atomic E-state index is 13.7. The number of rotatable bonds is 5. The summed E-state index contributed by atoms with van der Waals surface area (Å²) in [6.45, 7) is -0.339. The highest BCUT2D eigenvalue weighted by atomic mass is 32.2. The van der Waals surface area contributed by atoms with Crippen molar-refractivity contribution in [2.24, 2.45) is 5.92 Å². The predicted molar refractivity (Wildman–Crippen MR) is 141 cm³/mol. The summed E-state index contributed by atoms with van der Waals surface area (Å²) in [6.07, 6.45) is -3.27. The third-order valence-electron chi connectivity index (χ3n) is 6.69. The third kappa shape index (κ3) is 4.44. The number of thiazole rings is 1. The molecule has 0 bridgehead atoms. The number of halogens is 3. The molecule has 204 valence electrons. The van der Waals surface area contributed by atoms with Gasteiger partial charge in [-0.1, -0.05) is 47.4 Å². The number of amides is 3. The minimum absolute atomic E-state index is 0.194. The Morgan fingerprint density at radius 2 is 1.75 bits per heavy atom. The Hall–Kier alpha value is -4.10. The quantitative estimate of drug-likeness (QED) is 0.333. The average molecular weight is 586 g/mol.